The molecule has 0 spiro atoms. The van der Waals surface area contributed by atoms with Crippen molar-refractivity contribution in [1.82, 2.24) is 20.3 Å². The molecule has 1 aliphatic rings. The van der Waals surface area contributed by atoms with E-state index in [1.807, 2.05) is 37.4 Å². The van der Waals surface area contributed by atoms with Gasteiger partial charge in [0.15, 0.2) is 5.82 Å². The van der Waals surface area contributed by atoms with Crippen molar-refractivity contribution in [3.05, 3.63) is 48.3 Å². The van der Waals surface area contributed by atoms with E-state index in [2.05, 4.69) is 47.5 Å². The van der Waals surface area contributed by atoms with E-state index in [9.17, 15) is 0 Å². The standard InChI is InChI=1S/C21H25N7O2/c1-22-8-11-30-21-25-19(24-20(26-21)28-9-12-29-13-10-28)15-23-27-18-7-6-16-4-2-3-5-17(16)14-18/h2-7,14,22H,8-13,15H2,1H3. The molecule has 1 fully saturated rings. The topological polar surface area (TPSA) is 97.1 Å². The lowest BCUT2D eigenvalue weighted by atomic mass is 10.1. The molecule has 1 aliphatic heterocycles. The van der Waals surface area contributed by atoms with E-state index in [1.165, 1.54) is 5.39 Å². The minimum Gasteiger partial charge on any atom is -0.462 e. The molecule has 0 bridgehead atoms. The lowest BCUT2D eigenvalue weighted by molar-refractivity contribution is 0.122. The van der Waals surface area contributed by atoms with Gasteiger partial charge in [-0.25, -0.2) is 0 Å². The zero-order valence-corrected chi connectivity index (χ0v) is 17.0. The number of nitrogens with one attached hydrogen (secondary N) is 1. The van der Waals surface area contributed by atoms with Gasteiger partial charge >= 0.3 is 6.01 Å². The Morgan fingerprint density at radius 2 is 1.90 bits per heavy atom. The molecule has 3 aromatic rings. The predicted octanol–water partition coefficient (Wildman–Crippen LogP) is 2.74. The normalized spacial score (nSPS) is 14.5. The molecule has 156 valence electrons. The fourth-order valence-electron chi connectivity index (χ4n) is 3.09. The van der Waals surface area contributed by atoms with Crippen LogP contribution in [0.3, 0.4) is 0 Å². The smallest absolute Gasteiger partial charge is 0.321 e. The molecular weight excluding hydrogens is 382 g/mol. The number of likely N-dealkylation sites (N-methyl/N-ethyl adjacent to an activating group) is 1. The maximum absolute atomic E-state index is 5.68. The third kappa shape index (κ3) is 5.25. The summed E-state index contributed by atoms with van der Waals surface area (Å²) >= 11 is 0. The average Bonchev–Trinajstić information content (AvgIpc) is 2.80. The molecule has 0 unspecified atom stereocenters. The predicted molar refractivity (Wildman–Crippen MR) is 114 cm³/mol. The number of ether oxygens (including phenoxy) is 2. The van der Waals surface area contributed by atoms with Crippen molar-refractivity contribution in [1.29, 1.82) is 0 Å². The van der Waals surface area contributed by atoms with Gasteiger partial charge in [0.05, 0.1) is 18.9 Å². The van der Waals surface area contributed by atoms with Crippen LogP contribution in [0.4, 0.5) is 11.6 Å². The molecule has 9 heteroatoms. The molecule has 0 amide bonds. The van der Waals surface area contributed by atoms with Crippen LogP contribution >= 0.6 is 0 Å². The second kappa shape index (κ2) is 10.0. The van der Waals surface area contributed by atoms with E-state index >= 15 is 0 Å². The maximum Gasteiger partial charge on any atom is 0.321 e. The molecule has 4 rings (SSSR count). The van der Waals surface area contributed by atoms with Crippen molar-refractivity contribution in [2.24, 2.45) is 10.2 Å². The van der Waals surface area contributed by atoms with E-state index in [0.717, 1.165) is 24.2 Å². The number of azo groups is 1. The largest absolute Gasteiger partial charge is 0.462 e. The summed E-state index contributed by atoms with van der Waals surface area (Å²) in [6, 6.07) is 14.5. The minimum atomic E-state index is 0.245. The van der Waals surface area contributed by atoms with Crippen LogP contribution in [0.15, 0.2) is 52.7 Å². The summed E-state index contributed by atoms with van der Waals surface area (Å²) in [5.41, 5.74) is 0.793. The van der Waals surface area contributed by atoms with Crippen LogP contribution in [0, 0.1) is 0 Å². The third-order valence-electron chi connectivity index (χ3n) is 4.66. The van der Waals surface area contributed by atoms with Gasteiger partial charge in [-0.05, 0) is 30.0 Å². The highest BCUT2D eigenvalue weighted by molar-refractivity contribution is 5.84. The number of nitrogens with zero attached hydrogens (tertiary/aromatic N) is 6. The molecule has 2 aromatic carbocycles. The van der Waals surface area contributed by atoms with Gasteiger partial charge in [0.1, 0.15) is 13.2 Å². The summed E-state index contributed by atoms with van der Waals surface area (Å²) in [5.74, 6) is 1.11. The van der Waals surface area contributed by atoms with Crippen LogP contribution in [0.2, 0.25) is 0 Å². The first-order valence-corrected chi connectivity index (χ1v) is 10.0. The third-order valence-corrected chi connectivity index (χ3v) is 4.66. The first-order valence-electron chi connectivity index (χ1n) is 10.0. The molecule has 30 heavy (non-hydrogen) atoms. The van der Waals surface area contributed by atoms with Gasteiger partial charge < -0.3 is 19.7 Å². The Balaban J connectivity index is 1.50. The Kier molecular flexibility index (Phi) is 6.73. The Bertz CT molecular complexity index is 1010. The minimum absolute atomic E-state index is 0.245. The van der Waals surface area contributed by atoms with Crippen molar-refractivity contribution in [2.45, 2.75) is 6.54 Å². The molecule has 1 saturated heterocycles. The van der Waals surface area contributed by atoms with Gasteiger partial charge in [0, 0.05) is 19.6 Å². The van der Waals surface area contributed by atoms with E-state index in [4.69, 9.17) is 9.47 Å². The fraction of sp³-hybridized carbons (Fsp3) is 0.381. The highest BCUT2D eigenvalue weighted by Crippen LogP contribution is 2.21. The Morgan fingerprint density at radius 1 is 1.07 bits per heavy atom. The second-order valence-electron chi connectivity index (χ2n) is 6.82. The molecule has 0 atom stereocenters. The summed E-state index contributed by atoms with van der Waals surface area (Å²) in [6.07, 6.45) is 0. The van der Waals surface area contributed by atoms with Gasteiger partial charge in [-0.1, -0.05) is 30.3 Å². The number of morpholine rings is 1. The van der Waals surface area contributed by atoms with E-state index in [1.54, 1.807) is 0 Å². The van der Waals surface area contributed by atoms with E-state index in [0.29, 0.717) is 44.1 Å². The molecule has 0 saturated carbocycles. The molecule has 0 radical (unpaired) electrons. The maximum atomic E-state index is 5.68. The van der Waals surface area contributed by atoms with Crippen LogP contribution in [0.25, 0.3) is 10.8 Å². The summed E-state index contributed by atoms with van der Waals surface area (Å²) < 4.78 is 11.1. The average molecular weight is 407 g/mol. The Labute approximate surface area is 175 Å². The first kappa shape index (κ1) is 20.1. The SMILES string of the molecule is CNCCOc1nc(CN=Nc2ccc3ccccc3c2)nc(N2CCOCC2)n1. The number of rotatable bonds is 8. The second-order valence-corrected chi connectivity index (χ2v) is 6.82. The number of fused-ring (bicyclic) bond motifs is 1. The zero-order chi connectivity index (χ0) is 20.6. The van der Waals surface area contributed by atoms with Crippen molar-refractivity contribution < 1.29 is 9.47 Å². The van der Waals surface area contributed by atoms with Gasteiger partial charge in [0.25, 0.3) is 0 Å². The van der Waals surface area contributed by atoms with Crippen molar-refractivity contribution in [2.75, 3.05) is 51.4 Å². The molecule has 0 aliphatic carbocycles. The number of anilines is 1. The van der Waals surface area contributed by atoms with Crippen molar-refractivity contribution in [3.63, 3.8) is 0 Å². The summed E-state index contributed by atoms with van der Waals surface area (Å²) in [5, 5.41) is 14.0. The number of hydrogen-bond donors (Lipinski definition) is 1. The van der Waals surface area contributed by atoms with Crippen LogP contribution < -0.4 is 15.0 Å². The number of benzene rings is 2. The Hall–Kier alpha value is -3.17. The van der Waals surface area contributed by atoms with Crippen LogP contribution in [-0.4, -0.2) is 61.5 Å². The fourth-order valence-corrected chi connectivity index (χ4v) is 3.09. The lowest BCUT2D eigenvalue weighted by Crippen LogP contribution is -2.37. The van der Waals surface area contributed by atoms with E-state index in [-0.39, 0.29) is 6.54 Å². The highest BCUT2D eigenvalue weighted by atomic mass is 16.5. The molecule has 9 nitrogen and oxygen atoms in total. The monoisotopic (exact) mass is 407 g/mol. The van der Waals surface area contributed by atoms with Gasteiger partial charge in [-0.2, -0.15) is 25.2 Å². The lowest BCUT2D eigenvalue weighted by Gasteiger charge is -2.26. The quantitative estimate of drug-likeness (QED) is 0.453. The molecular formula is C21H25N7O2. The number of hydrogen-bond acceptors (Lipinski definition) is 9. The number of aromatic nitrogens is 3. The first-order chi connectivity index (χ1) is 14.8. The van der Waals surface area contributed by atoms with Crippen molar-refractivity contribution >= 4 is 22.4 Å². The highest BCUT2D eigenvalue weighted by Gasteiger charge is 2.17. The van der Waals surface area contributed by atoms with Crippen molar-refractivity contribution in [3.8, 4) is 6.01 Å². The van der Waals surface area contributed by atoms with E-state index < -0.39 is 0 Å². The van der Waals surface area contributed by atoms with Crippen LogP contribution in [0.1, 0.15) is 5.82 Å². The van der Waals surface area contributed by atoms with Gasteiger partial charge in [-0.3, -0.25) is 0 Å². The Morgan fingerprint density at radius 3 is 2.73 bits per heavy atom. The summed E-state index contributed by atoms with van der Waals surface area (Å²) in [4.78, 5) is 15.5. The zero-order valence-electron chi connectivity index (χ0n) is 17.0. The summed E-state index contributed by atoms with van der Waals surface area (Å²) in [7, 11) is 1.87. The summed E-state index contributed by atoms with van der Waals surface area (Å²) in [6.45, 7) is 4.19. The molecule has 2 heterocycles. The van der Waals surface area contributed by atoms with Crippen LogP contribution in [0.5, 0.6) is 6.01 Å². The van der Waals surface area contributed by atoms with Gasteiger partial charge in [0.2, 0.25) is 5.95 Å². The molecule has 1 aromatic heterocycles. The molecule has 1 N–H and O–H groups in total. The van der Waals surface area contributed by atoms with Crippen LogP contribution in [-0.2, 0) is 11.3 Å². The van der Waals surface area contributed by atoms with Gasteiger partial charge in [-0.15, -0.1) is 0 Å².